The second-order valence-corrected chi connectivity index (χ2v) is 9.61. The molecule has 0 bridgehead atoms. The summed E-state index contributed by atoms with van der Waals surface area (Å²) >= 11 is 0. The Bertz CT molecular complexity index is 771. The molecule has 0 saturated heterocycles. The number of aliphatic hydroxyl groups excluding tert-OH is 2. The van der Waals surface area contributed by atoms with Gasteiger partial charge in [-0.25, -0.2) is 4.79 Å². The van der Waals surface area contributed by atoms with E-state index in [4.69, 9.17) is 4.74 Å². The molecular weight excluding hydrogens is 378 g/mol. The number of fused-ring (bicyclic) bond motifs is 2. The Morgan fingerprint density at radius 2 is 1.86 bits per heavy atom. The Kier molecular flexibility index (Phi) is 5.32. The Morgan fingerprint density at radius 3 is 2.38 bits per heavy atom. The molecule has 0 unspecified atom stereocenters. The molecule has 3 N–H and O–H groups in total. The van der Waals surface area contributed by atoms with Crippen LogP contribution < -0.4 is 0 Å². The number of amides is 1. The smallest absolute Gasteiger partial charge is 0.329 e. The van der Waals surface area contributed by atoms with E-state index in [-0.39, 0.29) is 17.9 Å². The summed E-state index contributed by atoms with van der Waals surface area (Å²) in [6.45, 7) is 8.58. The van der Waals surface area contributed by atoms with E-state index in [1.165, 1.54) is 13.8 Å². The van der Waals surface area contributed by atoms with E-state index in [1.54, 1.807) is 0 Å². The molecule has 0 aromatic carbocycles. The van der Waals surface area contributed by atoms with Gasteiger partial charge in [0.25, 0.3) is 5.91 Å². The first-order valence-electron chi connectivity index (χ1n) is 10.1. The summed E-state index contributed by atoms with van der Waals surface area (Å²) in [6, 6.07) is -1.41. The quantitative estimate of drug-likeness (QED) is 0.594. The first kappa shape index (κ1) is 21.8. The SMILES string of the molecule is CC(=O)O[C@@H]1[C@H](O)C2=C(C(=O)N([C@H](C(=O)O)[C@@H](C)O)C2)[C@@]2(C)CCCC(C)(C)[C@H]12. The first-order chi connectivity index (χ1) is 13.3. The maximum Gasteiger partial charge on any atom is 0.329 e. The standard InChI is InChI=1S/C21H31NO7/c1-10(23)14(19(27)28)22-9-12-13(18(22)26)21(5)8-6-7-20(3,4)17(21)16(15(12)25)29-11(2)24/h10,14-17,23,25H,6-9H2,1-5H3,(H,27,28)/t10-,14+,15-,16-,17+,21-/m1/s1. The molecule has 1 aliphatic heterocycles. The topological polar surface area (TPSA) is 124 Å². The lowest BCUT2D eigenvalue weighted by Crippen LogP contribution is -2.58. The van der Waals surface area contributed by atoms with Crippen LogP contribution in [0.3, 0.4) is 0 Å². The largest absolute Gasteiger partial charge is 0.480 e. The van der Waals surface area contributed by atoms with Crippen molar-refractivity contribution in [2.24, 2.45) is 16.7 Å². The van der Waals surface area contributed by atoms with Crippen LogP contribution in [0.5, 0.6) is 0 Å². The summed E-state index contributed by atoms with van der Waals surface area (Å²) < 4.78 is 5.59. The molecule has 29 heavy (non-hydrogen) atoms. The number of hydrogen-bond donors (Lipinski definition) is 3. The van der Waals surface area contributed by atoms with Crippen molar-refractivity contribution < 1.29 is 34.4 Å². The Morgan fingerprint density at radius 1 is 1.24 bits per heavy atom. The van der Waals surface area contributed by atoms with Gasteiger partial charge >= 0.3 is 11.9 Å². The number of esters is 1. The monoisotopic (exact) mass is 409 g/mol. The van der Waals surface area contributed by atoms with Crippen LogP contribution in [0, 0.1) is 16.7 Å². The molecule has 1 saturated carbocycles. The summed E-state index contributed by atoms with van der Waals surface area (Å²) in [5.41, 5.74) is -0.122. The molecule has 2 aliphatic carbocycles. The summed E-state index contributed by atoms with van der Waals surface area (Å²) in [7, 11) is 0. The lowest BCUT2D eigenvalue weighted by Gasteiger charge is -2.57. The van der Waals surface area contributed by atoms with Crippen molar-refractivity contribution in [3.05, 3.63) is 11.1 Å². The van der Waals surface area contributed by atoms with Gasteiger partial charge in [-0.05, 0) is 30.8 Å². The molecule has 0 aromatic heterocycles. The van der Waals surface area contributed by atoms with Gasteiger partial charge < -0.3 is 25.0 Å². The van der Waals surface area contributed by atoms with Gasteiger partial charge in [-0.2, -0.15) is 0 Å². The number of carboxylic acid groups (broad SMARTS) is 1. The van der Waals surface area contributed by atoms with Gasteiger partial charge in [0.2, 0.25) is 0 Å². The number of aliphatic carboxylic acids is 1. The zero-order chi connectivity index (χ0) is 21.9. The van der Waals surface area contributed by atoms with Crippen LogP contribution in [0.25, 0.3) is 0 Å². The van der Waals surface area contributed by atoms with Gasteiger partial charge in [0.05, 0.1) is 6.10 Å². The van der Waals surface area contributed by atoms with Crippen LogP contribution in [0.4, 0.5) is 0 Å². The number of ether oxygens (including phenoxy) is 1. The zero-order valence-electron chi connectivity index (χ0n) is 17.6. The van der Waals surface area contributed by atoms with Crippen molar-refractivity contribution in [3.63, 3.8) is 0 Å². The number of nitrogens with zero attached hydrogens (tertiary/aromatic N) is 1. The van der Waals surface area contributed by atoms with Crippen LogP contribution in [0.15, 0.2) is 11.1 Å². The molecule has 3 aliphatic rings. The number of rotatable bonds is 4. The molecule has 8 nitrogen and oxygen atoms in total. The molecule has 0 aromatic rings. The van der Waals surface area contributed by atoms with Gasteiger partial charge in [-0.3, -0.25) is 9.59 Å². The van der Waals surface area contributed by atoms with Gasteiger partial charge in [-0.1, -0.05) is 27.2 Å². The maximum atomic E-state index is 13.4. The summed E-state index contributed by atoms with van der Waals surface area (Å²) in [5.74, 6) is -2.56. The number of hydrogen-bond acceptors (Lipinski definition) is 6. The molecule has 8 heteroatoms. The number of aliphatic hydroxyl groups is 2. The normalized spacial score (nSPS) is 35.6. The lowest BCUT2D eigenvalue weighted by molar-refractivity contribution is -0.173. The van der Waals surface area contributed by atoms with E-state index >= 15 is 0 Å². The highest BCUT2D eigenvalue weighted by Crippen LogP contribution is 2.61. The van der Waals surface area contributed by atoms with Gasteiger partial charge in [-0.15, -0.1) is 0 Å². The minimum atomic E-state index is -1.41. The first-order valence-corrected chi connectivity index (χ1v) is 10.1. The highest BCUT2D eigenvalue weighted by Gasteiger charge is 2.63. The zero-order valence-corrected chi connectivity index (χ0v) is 17.6. The van der Waals surface area contributed by atoms with Crippen molar-refractivity contribution in [2.45, 2.75) is 78.2 Å². The molecule has 162 valence electrons. The fraction of sp³-hybridized carbons (Fsp3) is 0.762. The van der Waals surface area contributed by atoms with Crippen LogP contribution in [-0.4, -0.2) is 69.0 Å². The van der Waals surface area contributed by atoms with Gasteiger partial charge in [0.15, 0.2) is 6.04 Å². The van der Waals surface area contributed by atoms with E-state index in [2.05, 4.69) is 13.8 Å². The van der Waals surface area contributed by atoms with E-state index in [1.807, 2.05) is 6.92 Å². The highest BCUT2D eigenvalue weighted by atomic mass is 16.6. The van der Waals surface area contributed by atoms with E-state index < -0.39 is 47.6 Å². The Balaban J connectivity index is 2.13. The second kappa shape index (κ2) is 7.09. The van der Waals surface area contributed by atoms with Crippen molar-refractivity contribution in [2.75, 3.05) is 6.54 Å². The van der Waals surface area contributed by atoms with E-state index in [0.29, 0.717) is 17.6 Å². The number of carbonyl (C=O) groups excluding carboxylic acids is 2. The molecule has 0 spiro atoms. The minimum Gasteiger partial charge on any atom is -0.480 e. The van der Waals surface area contributed by atoms with E-state index in [0.717, 1.165) is 17.7 Å². The lowest BCUT2D eigenvalue weighted by atomic mass is 9.49. The summed E-state index contributed by atoms with van der Waals surface area (Å²) in [4.78, 5) is 38.1. The van der Waals surface area contributed by atoms with Crippen molar-refractivity contribution >= 4 is 17.8 Å². The third kappa shape index (κ3) is 3.26. The van der Waals surface area contributed by atoms with Crippen molar-refractivity contribution in [1.82, 2.24) is 4.90 Å². The molecule has 6 atom stereocenters. The predicted octanol–water partition coefficient (Wildman–Crippen LogP) is 1.10. The molecule has 1 amide bonds. The van der Waals surface area contributed by atoms with Crippen LogP contribution in [-0.2, 0) is 19.1 Å². The molecule has 1 fully saturated rings. The molecule has 3 rings (SSSR count). The summed E-state index contributed by atoms with van der Waals surface area (Å²) in [5, 5.41) is 30.7. The average molecular weight is 409 g/mol. The third-order valence-corrected chi connectivity index (χ3v) is 7.10. The van der Waals surface area contributed by atoms with Crippen LogP contribution >= 0.6 is 0 Å². The molecule has 0 radical (unpaired) electrons. The second-order valence-electron chi connectivity index (χ2n) is 9.61. The van der Waals surface area contributed by atoms with E-state index in [9.17, 15) is 29.7 Å². The minimum absolute atomic E-state index is 0.0995. The van der Waals surface area contributed by atoms with Crippen molar-refractivity contribution in [3.8, 4) is 0 Å². The fourth-order valence-electron chi connectivity index (χ4n) is 6.17. The number of carbonyl (C=O) groups is 3. The van der Waals surface area contributed by atoms with Crippen LogP contribution in [0.2, 0.25) is 0 Å². The Labute approximate surface area is 170 Å². The van der Waals surface area contributed by atoms with Gasteiger partial charge in [0, 0.05) is 30.4 Å². The number of carboxylic acids is 1. The average Bonchev–Trinajstić information content (AvgIpc) is 2.89. The van der Waals surface area contributed by atoms with Crippen molar-refractivity contribution in [1.29, 1.82) is 0 Å². The maximum absolute atomic E-state index is 13.4. The molecule has 1 heterocycles. The highest BCUT2D eigenvalue weighted by molar-refractivity contribution is 6.01. The Hall–Kier alpha value is -1.93. The fourth-order valence-corrected chi connectivity index (χ4v) is 6.17. The van der Waals surface area contributed by atoms with Gasteiger partial charge in [0.1, 0.15) is 12.2 Å². The third-order valence-electron chi connectivity index (χ3n) is 7.10. The van der Waals surface area contributed by atoms with Crippen LogP contribution in [0.1, 0.15) is 53.9 Å². The predicted molar refractivity (Wildman–Crippen MR) is 103 cm³/mol. The molecular formula is C21H31NO7. The summed E-state index contributed by atoms with van der Waals surface area (Å²) in [6.07, 6.45) is -0.868.